The molecule has 9 heteroatoms. The number of nitrogens with zero attached hydrogens (tertiary/aromatic N) is 3. The van der Waals surface area contributed by atoms with E-state index >= 15 is 0 Å². The van der Waals surface area contributed by atoms with Gasteiger partial charge in [0.25, 0.3) is 5.91 Å². The molecule has 202 valence electrons. The first-order valence-corrected chi connectivity index (χ1v) is 13.3. The number of carbonyl (C=O) groups is 1. The number of para-hydroxylation sites is 1. The lowest BCUT2D eigenvalue weighted by Gasteiger charge is -2.28. The summed E-state index contributed by atoms with van der Waals surface area (Å²) >= 11 is 0. The van der Waals surface area contributed by atoms with E-state index < -0.39 is 5.91 Å². The Morgan fingerprint density at radius 1 is 0.925 bits per heavy atom. The third-order valence-electron chi connectivity index (χ3n) is 7.18. The molecule has 0 unspecified atom stereocenters. The monoisotopic (exact) mass is 534 g/mol. The highest BCUT2D eigenvalue weighted by molar-refractivity contribution is 5.99. The zero-order chi connectivity index (χ0) is 27.5. The molecule has 1 amide bonds. The van der Waals surface area contributed by atoms with Gasteiger partial charge in [0.1, 0.15) is 29.3 Å². The maximum absolute atomic E-state index is 12.2. The van der Waals surface area contributed by atoms with Gasteiger partial charge < -0.3 is 30.8 Å². The van der Waals surface area contributed by atoms with Crippen molar-refractivity contribution in [2.24, 2.45) is 5.73 Å². The van der Waals surface area contributed by atoms with Crippen LogP contribution in [0.1, 0.15) is 36.0 Å². The Hall–Kier alpha value is -4.89. The SMILES string of the molecule is NC(=O)c1ccc(-n2ccc3c(Nc4ccc(Oc5ccccc5)cc4)ncnc32)cc1NC1CCC(O)CC1. The summed E-state index contributed by atoms with van der Waals surface area (Å²) in [5.74, 6) is 1.70. The van der Waals surface area contributed by atoms with Gasteiger partial charge in [0.15, 0.2) is 0 Å². The van der Waals surface area contributed by atoms with Gasteiger partial charge in [-0.15, -0.1) is 0 Å². The van der Waals surface area contributed by atoms with Crippen molar-refractivity contribution in [1.29, 1.82) is 0 Å². The molecule has 3 aromatic carbocycles. The lowest BCUT2D eigenvalue weighted by atomic mass is 9.92. The minimum Gasteiger partial charge on any atom is -0.457 e. The molecule has 2 heterocycles. The van der Waals surface area contributed by atoms with Crippen molar-refractivity contribution in [2.45, 2.75) is 37.8 Å². The number of aliphatic hydroxyl groups is 1. The molecule has 1 fully saturated rings. The van der Waals surface area contributed by atoms with E-state index in [0.29, 0.717) is 17.1 Å². The molecule has 1 aliphatic carbocycles. The quantitative estimate of drug-likeness (QED) is 0.199. The number of anilines is 3. The average Bonchev–Trinajstić information content (AvgIpc) is 3.41. The van der Waals surface area contributed by atoms with Crippen LogP contribution in [0.25, 0.3) is 16.7 Å². The summed E-state index contributed by atoms with van der Waals surface area (Å²) in [5, 5.41) is 17.6. The summed E-state index contributed by atoms with van der Waals surface area (Å²) in [5.41, 5.74) is 9.22. The van der Waals surface area contributed by atoms with E-state index in [2.05, 4.69) is 20.6 Å². The fourth-order valence-electron chi connectivity index (χ4n) is 5.08. The summed E-state index contributed by atoms with van der Waals surface area (Å²) in [6.45, 7) is 0. The maximum atomic E-state index is 12.2. The molecule has 5 N–H and O–H groups in total. The van der Waals surface area contributed by atoms with Crippen molar-refractivity contribution in [3.05, 3.63) is 97.0 Å². The van der Waals surface area contributed by atoms with Crippen molar-refractivity contribution in [3.63, 3.8) is 0 Å². The van der Waals surface area contributed by atoms with Gasteiger partial charge in [0.05, 0.1) is 17.1 Å². The predicted octanol–water partition coefficient (Wildman–Crippen LogP) is 5.77. The van der Waals surface area contributed by atoms with Gasteiger partial charge in [-0.3, -0.25) is 4.79 Å². The Kier molecular flexibility index (Phi) is 7.03. The Bertz CT molecular complexity index is 1630. The molecule has 0 atom stereocenters. The van der Waals surface area contributed by atoms with Gasteiger partial charge in [0, 0.05) is 29.3 Å². The van der Waals surface area contributed by atoms with Gasteiger partial charge in [0.2, 0.25) is 0 Å². The van der Waals surface area contributed by atoms with Gasteiger partial charge in [-0.2, -0.15) is 0 Å². The Morgan fingerprint density at radius 3 is 2.42 bits per heavy atom. The molecule has 0 aliphatic heterocycles. The first-order valence-electron chi connectivity index (χ1n) is 13.3. The van der Waals surface area contributed by atoms with Crippen molar-refractivity contribution in [2.75, 3.05) is 10.6 Å². The van der Waals surface area contributed by atoms with Crippen LogP contribution in [0.3, 0.4) is 0 Å². The van der Waals surface area contributed by atoms with Crippen LogP contribution in [-0.4, -0.2) is 37.7 Å². The molecule has 1 saturated carbocycles. The molecule has 0 bridgehead atoms. The van der Waals surface area contributed by atoms with Crippen molar-refractivity contribution in [1.82, 2.24) is 14.5 Å². The zero-order valence-corrected chi connectivity index (χ0v) is 21.8. The number of carbonyl (C=O) groups excluding carboxylic acids is 1. The van der Waals surface area contributed by atoms with Gasteiger partial charge in [-0.05, 0) is 86.3 Å². The van der Waals surface area contributed by atoms with E-state index in [1.807, 2.05) is 83.6 Å². The number of benzene rings is 3. The maximum Gasteiger partial charge on any atom is 0.250 e. The fraction of sp³-hybridized carbons (Fsp3) is 0.194. The third kappa shape index (κ3) is 5.45. The minimum atomic E-state index is -0.490. The van der Waals surface area contributed by atoms with E-state index in [9.17, 15) is 9.90 Å². The molecule has 9 nitrogen and oxygen atoms in total. The van der Waals surface area contributed by atoms with Gasteiger partial charge in [-0.25, -0.2) is 9.97 Å². The number of fused-ring (bicyclic) bond motifs is 1. The van der Waals surface area contributed by atoms with Crippen LogP contribution >= 0.6 is 0 Å². The number of primary amides is 1. The highest BCUT2D eigenvalue weighted by Crippen LogP contribution is 2.30. The Labute approximate surface area is 231 Å². The second-order valence-electron chi connectivity index (χ2n) is 9.95. The molecule has 1 aliphatic rings. The van der Waals surface area contributed by atoms with E-state index in [-0.39, 0.29) is 12.1 Å². The zero-order valence-electron chi connectivity index (χ0n) is 21.8. The molecule has 5 aromatic rings. The number of hydrogen-bond acceptors (Lipinski definition) is 7. The topological polar surface area (TPSA) is 127 Å². The van der Waals surface area contributed by atoms with Gasteiger partial charge in [-0.1, -0.05) is 18.2 Å². The van der Waals surface area contributed by atoms with Crippen LogP contribution in [0.2, 0.25) is 0 Å². The van der Waals surface area contributed by atoms with Crippen LogP contribution < -0.4 is 21.1 Å². The van der Waals surface area contributed by atoms with E-state index in [1.165, 1.54) is 6.33 Å². The number of aliphatic hydroxyl groups excluding tert-OH is 1. The van der Waals surface area contributed by atoms with Crippen LogP contribution in [0.15, 0.2) is 91.4 Å². The molecular formula is C31H30N6O3. The molecule has 2 aromatic heterocycles. The van der Waals surface area contributed by atoms with Crippen molar-refractivity contribution >= 4 is 34.1 Å². The number of nitrogens with one attached hydrogen (secondary N) is 2. The Morgan fingerprint density at radius 2 is 1.68 bits per heavy atom. The van der Waals surface area contributed by atoms with E-state index in [1.54, 1.807) is 6.07 Å². The molecule has 0 radical (unpaired) electrons. The van der Waals surface area contributed by atoms with Crippen molar-refractivity contribution < 1.29 is 14.6 Å². The first kappa shape index (κ1) is 25.4. The van der Waals surface area contributed by atoms with Crippen LogP contribution in [-0.2, 0) is 0 Å². The summed E-state index contributed by atoms with van der Waals surface area (Å²) in [4.78, 5) is 21.2. The smallest absolute Gasteiger partial charge is 0.250 e. The number of ether oxygens (including phenoxy) is 1. The lowest BCUT2D eigenvalue weighted by molar-refractivity contribution is 0.100. The predicted molar refractivity (Wildman–Crippen MR) is 156 cm³/mol. The minimum absolute atomic E-state index is 0.167. The largest absolute Gasteiger partial charge is 0.457 e. The number of amides is 1. The highest BCUT2D eigenvalue weighted by atomic mass is 16.5. The molecule has 6 rings (SSSR count). The lowest BCUT2D eigenvalue weighted by Crippen LogP contribution is -2.29. The third-order valence-corrected chi connectivity index (χ3v) is 7.18. The summed E-state index contributed by atoms with van der Waals surface area (Å²) in [6.07, 6.45) is 6.34. The summed E-state index contributed by atoms with van der Waals surface area (Å²) < 4.78 is 7.85. The van der Waals surface area contributed by atoms with Gasteiger partial charge >= 0.3 is 0 Å². The Balaban J connectivity index is 1.25. The highest BCUT2D eigenvalue weighted by Gasteiger charge is 2.21. The molecule has 40 heavy (non-hydrogen) atoms. The first-order chi connectivity index (χ1) is 19.5. The van der Waals surface area contributed by atoms with Crippen molar-refractivity contribution in [3.8, 4) is 17.2 Å². The molecular weight excluding hydrogens is 504 g/mol. The molecule has 0 spiro atoms. The van der Waals surface area contributed by atoms with E-state index in [0.717, 1.165) is 59.6 Å². The van der Waals surface area contributed by atoms with Crippen LogP contribution in [0.4, 0.5) is 17.2 Å². The van der Waals surface area contributed by atoms with Crippen LogP contribution in [0.5, 0.6) is 11.5 Å². The summed E-state index contributed by atoms with van der Waals surface area (Å²) in [7, 11) is 0. The second kappa shape index (κ2) is 11.1. The van der Waals surface area contributed by atoms with E-state index in [4.69, 9.17) is 10.5 Å². The number of hydrogen-bond donors (Lipinski definition) is 4. The number of aromatic nitrogens is 3. The van der Waals surface area contributed by atoms with Crippen LogP contribution in [0, 0.1) is 0 Å². The fourth-order valence-corrected chi connectivity index (χ4v) is 5.08. The second-order valence-corrected chi connectivity index (χ2v) is 9.95. The normalized spacial score (nSPS) is 16.9. The summed E-state index contributed by atoms with van der Waals surface area (Å²) in [6, 6.07) is 25.0. The average molecular weight is 535 g/mol. The standard InChI is InChI=1S/C31H30N6O3/c32-29(39)26-15-10-22(18-28(26)35-20-6-11-23(38)12-7-20)37-17-16-27-30(33-19-34-31(27)37)36-21-8-13-25(14-9-21)40-24-4-2-1-3-5-24/h1-5,8-10,13-20,23,35,38H,6-7,11-12H2,(H2,32,39)(H,33,34,36). The number of nitrogens with two attached hydrogens (primary N) is 1. The number of rotatable bonds is 8. The molecule has 0 saturated heterocycles.